The molecule has 8 heavy (non-hydrogen) atoms. The van der Waals surface area contributed by atoms with Gasteiger partial charge in [0.15, 0.2) is 0 Å². The van der Waals surface area contributed by atoms with Gasteiger partial charge in [-0.05, 0) is 4.43 Å². The molecule has 0 aliphatic rings. The van der Waals surface area contributed by atoms with Crippen molar-refractivity contribution in [1.29, 1.82) is 0 Å². The van der Waals surface area contributed by atoms with E-state index in [4.69, 9.17) is 17.5 Å². The van der Waals surface area contributed by atoms with E-state index < -0.39 is 10.4 Å². The molecule has 0 saturated carbocycles. The van der Waals surface area contributed by atoms with E-state index in [0.717, 1.165) is 0 Å². The second-order valence-corrected chi connectivity index (χ2v) is 3.14. The SMILES string of the molecule is CCI.O=S(=O)(O)O. The highest BCUT2D eigenvalue weighted by Gasteiger charge is 1.84. The third-order valence-electron chi connectivity index (χ3n) is 0. The fourth-order valence-corrected chi connectivity index (χ4v) is 0. The zero-order chi connectivity index (χ0) is 7.21. The zero-order valence-electron chi connectivity index (χ0n) is 4.20. The van der Waals surface area contributed by atoms with Crippen molar-refractivity contribution in [3.63, 3.8) is 0 Å². The molecule has 0 saturated heterocycles. The molecule has 0 aliphatic heterocycles. The first-order chi connectivity index (χ1) is 3.41. The van der Waals surface area contributed by atoms with E-state index in [9.17, 15) is 0 Å². The molecule has 0 aromatic heterocycles. The van der Waals surface area contributed by atoms with Gasteiger partial charge in [-0.3, -0.25) is 9.11 Å². The van der Waals surface area contributed by atoms with Crippen LogP contribution in [-0.4, -0.2) is 22.0 Å². The maximum absolute atomic E-state index is 8.74. The van der Waals surface area contributed by atoms with Crippen LogP contribution >= 0.6 is 22.6 Å². The average molecular weight is 254 g/mol. The van der Waals surface area contributed by atoms with E-state index in [1.807, 2.05) is 0 Å². The predicted octanol–water partition coefficient (Wildman–Crippen LogP) is 0.788. The first-order valence-corrected chi connectivity index (χ1v) is 4.60. The lowest BCUT2D eigenvalue weighted by molar-refractivity contribution is 0.381. The molecule has 0 unspecified atom stereocenters. The molecule has 0 fully saturated rings. The van der Waals surface area contributed by atoms with E-state index in [1.165, 1.54) is 4.43 Å². The molecule has 0 atom stereocenters. The molecular weight excluding hydrogens is 247 g/mol. The molecule has 0 amide bonds. The molecule has 52 valence electrons. The average Bonchev–Trinajstić information content (AvgIpc) is 1.27. The van der Waals surface area contributed by atoms with Crippen LogP contribution in [-0.2, 0) is 10.4 Å². The Labute approximate surface area is 62.0 Å². The van der Waals surface area contributed by atoms with Crippen molar-refractivity contribution in [2.75, 3.05) is 4.43 Å². The molecule has 0 aromatic rings. The van der Waals surface area contributed by atoms with Crippen LogP contribution in [0.2, 0.25) is 0 Å². The molecule has 6 heteroatoms. The van der Waals surface area contributed by atoms with Crippen LogP contribution in [0.25, 0.3) is 0 Å². The van der Waals surface area contributed by atoms with Gasteiger partial charge in [0, 0.05) is 0 Å². The lowest BCUT2D eigenvalue weighted by atomic mass is 11.0. The smallest absolute Gasteiger partial charge is 0.264 e. The first-order valence-electron chi connectivity index (χ1n) is 1.67. The van der Waals surface area contributed by atoms with Crippen LogP contribution in [0, 0.1) is 0 Å². The Bertz CT molecular complexity index is 108. The number of alkyl halides is 1. The van der Waals surface area contributed by atoms with Crippen LogP contribution in [0.5, 0.6) is 0 Å². The highest BCUT2D eigenvalue weighted by molar-refractivity contribution is 14.1. The summed E-state index contributed by atoms with van der Waals surface area (Å²) < 4.78 is 32.8. The minimum absolute atomic E-state index is 1.22. The quantitative estimate of drug-likeness (QED) is 0.380. The van der Waals surface area contributed by atoms with Gasteiger partial charge in [-0.1, -0.05) is 29.5 Å². The topological polar surface area (TPSA) is 74.6 Å². The minimum Gasteiger partial charge on any atom is -0.264 e. The van der Waals surface area contributed by atoms with Crippen molar-refractivity contribution in [2.24, 2.45) is 0 Å². The molecule has 0 bridgehead atoms. The standard InChI is InChI=1S/C2H5I.H2O4S/c1-2-3;1-5(2,3)4/h2H2,1H3;(H2,1,2,3,4). The maximum atomic E-state index is 8.74. The minimum atomic E-state index is -4.67. The van der Waals surface area contributed by atoms with Gasteiger partial charge in [0.25, 0.3) is 0 Å². The summed E-state index contributed by atoms with van der Waals surface area (Å²) in [6.07, 6.45) is 0. The fourth-order valence-electron chi connectivity index (χ4n) is 0. The van der Waals surface area contributed by atoms with Gasteiger partial charge in [-0.15, -0.1) is 0 Å². The third kappa shape index (κ3) is 575. The third-order valence-corrected chi connectivity index (χ3v) is 0. The lowest BCUT2D eigenvalue weighted by Gasteiger charge is -1.68. The van der Waals surface area contributed by atoms with Crippen LogP contribution in [0.1, 0.15) is 6.92 Å². The summed E-state index contributed by atoms with van der Waals surface area (Å²) in [6, 6.07) is 0. The summed E-state index contributed by atoms with van der Waals surface area (Å²) in [5, 5.41) is 0. The molecule has 0 spiro atoms. The van der Waals surface area contributed by atoms with Crippen LogP contribution in [0.15, 0.2) is 0 Å². The molecule has 2 N–H and O–H groups in total. The molecule has 0 aliphatic carbocycles. The normalized spacial score (nSPS) is 9.50. The molecule has 0 heterocycles. The van der Waals surface area contributed by atoms with Gasteiger partial charge < -0.3 is 0 Å². The van der Waals surface area contributed by atoms with Crippen LogP contribution < -0.4 is 0 Å². The Morgan fingerprint density at radius 2 is 1.50 bits per heavy atom. The van der Waals surface area contributed by atoms with Crippen molar-refractivity contribution < 1.29 is 17.5 Å². The van der Waals surface area contributed by atoms with Crippen LogP contribution in [0.4, 0.5) is 0 Å². The van der Waals surface area contributed by atoms with Gasteiger partial charge in [-0.25, -0.2) is 0 Å². The van der Waals surface area contributed by atoms with E-state index in [-0.39, 0.29) is 0 Å². The highest BCUT2D eigenvalue weighted by atomic mass is 127. The number of rotatable bonds is 0. The van der Waals surface area contributed by atoms with E-state index in [1.54, 1.807) is 0 Å². The molecule has 0 rings (SSSR count). The zero-order valence-corrected chi connectivity index (χ0v) is 7.18. The number of halogens is 1. The number of hydrogen-bond donors (Lipinski definition) is 2. The van der Waals surface area contributed by atoms with Crippen molar-refractivity contribution in [1.82, 2.24) is 0 Å². The molecular formula is C2H7IO4S. The largest absolute Gasteiger partial charge is 0.394 e. The molecule has 4 nitrogen and oxygen atoms in total. The highest BCUT2D eigenvalue weighted by Crippen LogP contribution is 1.69. The van der Waals surface area contributed by atoms with E-state index in [2.05, 4.69) is 29.5 Å². The number of hydrogen-bond acceptors (Lipinski definition) is 2. The lowest BCUT2D eigenvalue weighted by Crippen LogP contribution is -1.89. The Hall–Kier alpha value is 0.600. The van der Waals surface area contributed by atoms with Crippen molar-refractivity contribution in [3.8, 4) is 0 Å². The Morgan fingerprint density at radius 3 is 1.50 bits per heavy atom. The summed E-state index contributed by atoms with van der Waals surface area (Å²) in [7, 11) is -4.67. The summed E-state index contributed by atoms with van der Waals surface area (Å²) in [5.41, 5.74) is 0. The second-order valence-electron chi connectivity index (χ2n) is 0.715. The van der Waals surface area contributed by atoms with Gasteiger partial charge in [-0.2, -0.15) is 8.42 Å². The van der Waals surface area contributed by atoms with E-state index in [0.29, 0.717) is 0 Å². The van der Waals surface area contributed by atoms with Crippen molar-refractivity contribution in [2.45, 2.75) is 6.92 Å². The Morgan fingerprint density at radius 1 is 1.50 bits per heavy atom. The summed E-state index contributed by atoms with van der Waals surface area (Å²) >= 11 is 2.29. The maximum Gasteiger partial charge on any atom is 0.394 e. The van der Waals surface area contributed by atoms with Crippen molar-refractivity contribution >= 4 is 33.0 Å². The van der Waals surface area contributed by atoms with Crippen LogP contribution in [0.3, 0.4) is 0 Å². The summed E-state index contributed by atoms with van der Waals surface area (Å²) in [5.74, 6) is 0. The van der Waals surface area contributed by atoms with Gasteiger partial charge in [0.05, 0.1) is 0 Å². The summed E-state index contributed by atoms with van der Waals surface area (Å²) in [4.78, 5) is 0. The summed E-state index contributed by atoms with van der Waals surface area (Å²) in [6.45, 7) is 2.11. The van der Waals surface area contributed by atoms with Gasteiger partial charge in [0.2, 0.25) is 0 Å². The van der Waals surface area contributed by atoms with Gasteiger partial charge in [0.1, 0.15) is 0 Å². The predicted molar refractivity (Wildman–Crippen MR) is 38.7 cm³/mol. The van der Waals surface area contributed by atoms with E-state index >= 15 is 0 Å². The monoisotopic (exact) mass is 254 g/mol. The Balaban J connectivity index is 0. The first kappa shape index (κ1) is 11.4. The molecule has 0 aromatic carbocycles. The Kier molecular flexibility index (Phi) is 8.17. The second kappa shape index (κ2) is 5.73. The fraction of sp³-hybridized carbons (Fsp3) is 1.00. The van der Waals surface area contributed by atoms with Gasteiger partial charge >= 0.3 is 10.4 Å². The van der Waals surface area contributed by atoms with Crippen molar-refractivity contribution in [3.05, 3.63) is 0 Å². The molecule has 0 radical (unpaired) electrons.